The van der Waals surface area contributed by atoms with Crippen LogP contribution in [0.15, 0.2) is 12.3 Å². The van der Waals surface area contributed by atoms with E-state index in [0.29, 0.717) is 0 Å². The van der Waals surface area contributed by atoms with Crippen molar-refractivity contribution in [3.05, 3.63) is 33.9 Å². The summed E-state index contributed by atoms with van der Waals surface area (Å²) in [4.78, 5) is 12.5. The van der Waals surface area contributed by atoms with Crippen LogP contribution >= 0.6 is 0 Å². The lowest BCUT2D eigenvalue weighted by atomic mass is 10.3. The van der Waals surface area contributed by atoms with Gasteiger partial charge < -0.3 is 0 Å². The van der Waals surface area contributed by atoms with Gasteiger partial charge in [0.25, 0.3) is 0 Å². The second kappa shape index (κ2) is 2.92. The molecule has 60 valence electrons. The number of nitriles is 1. The predicted molar refractivity (Wildman–Crippen MR) is 35.6 cm³/mol. The van der Waals surface area contributed by atoms with Crippen LogP contribution in [0.3, 0.4) is 0 Å². The molecule has 1 aromatic rings. The summed E-state index contributed by atoms with van der Waals surface area (Å²) >= 11 is 0. The first-order chi connectivity index (χ1) is 5.66. The zero-order chi connectivity index (χ0) is 9.14. The molecule has 1 aromatic heterocycles. The molecule has 0 amide bonds. The SMILES string of the molecule is N#Cc1nccc([N+](=O)[O-])c1F. The molecule has 0 aromatic carbocycles. The number of rotatable bonds is 1. The Balaban J connectivity index is 3.35. The van der Waals surface area contributed by atoms with Crippen LogP contribution in [0.2, 0.25) is 0 Å². The second-order valence-corrected chi connectivity index (χ2v) is 1.86. The minimum absolute atomic E-state index is 0.566. The van der Waals surface area contributed by atoms with Gasteiger partial charge in [0.1, 0.15) is 6.07 Å². The highest BCUT2D eigenvalue weighted by atomic mass is 19.1. The predicted octanol–water partition coefficient (Wildman–Crippen LogP) is 1.00. The lowest BCUT2D eigenvalue weighted by Crippen LogP contribution is -1.96. The third-order valence-electron chi connectivity index (χ3n) is 1.17. The Morgan fingerprint density at radius 1 is 1.75 bits per heavy atom. The fraction of sp³-hybridized carbons (Fsp3) is 0. The molecular formula is C6H2FN3O2. The average molecular weight is 167 g/mol. The van der Waals surface area contributed by atoms with Crippen molar-refractivity contribution in [2.24, 2.45) is 0 Å². The maximum Gasteiger partial charge on any atom is 0.309 e. The number of pyridine rings is 1. The van der Waals surface area contributed by atoms with Gasteiger partial charge in [-0.25, -0.2) is 4.98 Å². The van der Waals surface area contributed by atoms with Gasteiger partial charge in [0.2, 0.25) is 5.82 Å². The molecule has 0 aliphatic heterocycles. The Hall–Kier alpha value is -2.03. The van der Waals surface area contributed by atoms with E-state index in [4.69, 9.17) is 5.26 Å². The highest BCUT2D eigenvalue weighted by Gasteiger charge is 2.17. The first-order valence-electron chi connectivity index (χ1n) is 2.86. The van der Waals surface area contributed by atoms with Crippen molar-refractivity contribution in [2.45, 2.75) is 0 Å². The zero-order valence-corrected chi connectivity index (χ0v) is 5.69. The minimum atomic E-state index is -1.19. The molecule has 0 aliphatic rings. The molecule has 12 heavy (non-hydrogen) atoms. The number of halogens is 1. The fourth-order valence-electron chi connectivity index (χ4n) is 0.653. The van der Waals surface area contributed by atoms with E-state index >= 15 is 0 Å². The van der Waals surface area contributed by atoms with Crippen molar-refractivity contribution in [3.8, 4) is 6.07 Å². The summed E-state index contributed by atoms with van der Waals surface area (Å²) in [5.74, 6) is -1.19. The van der Waals surface area contributed by atoms with Crippen molar-refractivity contribution >= 4 is 5.69 Å². The topological polar surface area (TPSA) is 79.8 Å². The van der Waals surface area contributed by atoms with Crippen LogP contribution in [-0.4, -0.2) is 9.91 Å². The molecule has 5 nitrogen and oxygen atoms in total. The number of hydrogen-bond acceptors (Lipinski definition) is 4. The molecule has 0 aliphatic carbocycles. The maximum atomic E-state index is 12.8. The van der Waals surface area contributed by atoms with Crippen LogP contribution in [0.25, 0.3) is 0 Å². The molecule has 1 rings (SSSR count). The van der Waals surface area contributed by atoms with Gasteiger partial charge in [0.15, 0.2) is 5.69 Å². The third kappa shape index (κ3) is 1.20. The summed E-state index contributed by atoms with van der Waals surface area (Å²) in [5.41, 5.74) is -1.30. The lowest BCUT2D eigenvalue weighted by molar-refractivity contribution is -0.387. The molecule has 0 N–H and O–H groups in total. The summed E-state index contributed by atoms with van der Waals surface area (Å²) < 4.78 is 12.8. The summed E-state index contributed by atoms with van der Waals surface area (Å²) in [6, 6.07) is 2.30. The van der Waals surface area contributed by atoms with Crippen molar-refractivity contribution in [1.29, 1.82) is 5.26 Å². The van der Waals surface area contributed by atoms with Crippen LogP contribution in [-0.2, 0) is 0 Å². The summed E-state index contributed by atoms with van der Waals surface area (Å²) in [7, 11) is 0. The Morgan fingerprint density at radius 2 is 2.42 bits per heavy atom. The molecular weight excluding hydrogens is 165 g/mol. The number of nitrogens with zero attached hydrogens (tertiary/aromatic N) is 3. The van der Waals surface area contributed by atoms with Crippen molar-refractivity contribution in [2.75, 3.05) is 0 Å². The quantitative estimate of drug-likeness (QED) is 0.461. The molecule has 0 spiro atoms. The van der Waals surface area contributed by atoms with Gasteiger partial charge in [-0.1, -0.05) is 0 Å². The first kappa shape index (κ1) is 8.07. The molecule has 0 radical (unpaired) electrons. The molecule has 0 fully saturated rings. The summed E-state index contributed by atoms with van der Waals surface area (Å²) in [6.45, 7) is 0. The highest BCUT2D eigenvalue weighted by molar-refractivity contribution is 5.37. The van der Waals surface area contributed by atoms with Gasteiger partial charge in [-0.3, -0.25) is 10.1 Å². The van der Waals surface area contributed by atoms with Crippen molar-refractivity contribution < 1.29 is 9.31 Å². The second-order valence-electron chi connectivity index (χ2n) is 1.86. The lowest BCUT2D eigenvalue weighted by Gasteiger charge is -1.92. The van der Waals surface area contributed by atoms with E-state index in [1.165, 1.54) is 6.07 Å². The highest BCUT2D eigenvalue weighted by Crippen LogP contribution is 2.16. The fourth-order valence-corrected chi connectivity index (χ4v) is 0.653. The van der Waals surface area contributed by atoms with Gasteiger partial charge >= 0.3 is 5.69 Å². The molecule has 1 heterocycles. The van der Waals surface area contributed by atoms with Crippen LogP contribution < -0.4 is 0 Å². The minimum Gasteiger partial charge on any atom is -0.258 e. The largest absolute Gasteiger partial charge is 0.309 e. The van der Waals surface area contributed by atoms with E-state index in [2.05, 4.69) is 4.98 Å². The van der Waals surface area contributed by atoms with E-state index < -0.39 is 22.1 Å². The number of nitro groups is 1. The Labute approximate surface area is 66.2 Å². The van der Waals surface area contributed by atoms with Gasteiger partial charge in [-0.05, 0) is 0 Å². The number of hydrogen-bond donors (Lipinski definition) is 0. The Bertz CT molecular complexity index is 372. The van der Waals surface area contributed by atoms with Gasteiger partial charge in [-0.2, -0.15) is 9.65 Å². The van der Waals surface area contributed by atoms with E-state index in [1.54, 1.807) is 0 Å². The standard InChI is InChI=1S/C6H2FN3O2/c7-6-4(3-8)9-2-1-5(6)10(11)12/h1-2H. The van der Waals surface area contributed by atoms with Crippen LogP contribution in [0.1, 0.15) is 5.69 Å². The van der Waals surface area contributed by atoms with Gasteiger partial charge in [-0.15, -0.1) is 0 Å². The van der Waals surface area contributed by atoms with Gasteiger partial charge in [0, 0.05) is 12.3 Å². The normalized spacial score (nSPS) is 9.00. The maximum absolute atomic E-state index is 12.8. The van der Waals surface area contributed by atoms with Crippen molar-refractivity contribution in [3.63, 3.8) is 0 Å². The van der Waals surface area contributed by atoms with Crippen LogP contribution in [0.4, 0.5) is 10.1 Å². The van der Waals surface area contributed by atoms with E-state index in [0.717, 1.165) is 12.3 Å². The molecule has 0 saturated carbocycles. The first-order valence-corrected chi connectivity index (χ1v) is 2.86. The Morgan fingerprint density at radius 3 is 2.92 bits per heavy atom. The van der Waals surface area contributed by atoms with E-state index in [1.807, 2.05) is 0 Å². The summed E-state index contributed by atoms with van der Waals surface area (Å²) in [5, 5.41) is 18.4. The van der Waals surface area contributed by atoms with Crippen molar-refractivity contribution in [1.82, 2.24) is 4.98 Å². The van der Waals surface area contributed by atoms with E-state index in [9.17, 15) is 14.5 Å². The zero-order valence-electron chi connectivity index (χ0n) is 5.69. The summed E-state index contributed by atoms with van der Waals surface area (Å²) in [6.07, 6.45) is 1.01. The average Bonchev–Trinajstić information content (AvgIpc) is 2.04. The molecule has 0 saturated heterocycles. The van der Waals surface area contributed by atoms with Gasteiger partial charge in [0.05, 0.1) is 4.92 Å². The molecule has 0 bridgehead atoms. The smallest absolute Gasteiger partial charge is 0.258 e. The monoisotopic (exact) mass is 167 g/mol. The molecule has 6 heteroatoms. The molecule has 0 unspecified atom stereocenters. The third-order valence-corrected chi connectivity index (χ3v) is 1.17. The van der Waals surface area contributed by atoms with E-state index in [-0.39, 0.29) is 0 Å². The van der Waals surface area contributed by atoms with Crippen LogP contribution in [0, 0.1) is 27.3 Å². The Kier molecular flexibility index (Phi) is 1.96. The van der Waals surface area contributed by atoms with Crippen LogP contribution in [0.5, 0.6) is 0 Å². The molecule has 0 atom stereocenters. The number of aromatic nitrogens is 1.